The van der Waals surface area contributed by atoms with Gasteiger partial charge in [-0.3, -0.25) is 4.90 Å². The summed E-state index contributed by atoms with van der Waals surface area (Å²) in [6.07, 6.45) is 3.65. The Labute approximate surface area is 90.7 Å². The van der Waals surface area contributed by atoms with E-state index in [1.54, 1.807) is 0 Å². The number of hydrogen-bond acceptors (Lipinski definition) is 4. The Morgan fingerprint density at radius 2 is 2.20 bits per heavy atom. The molecule has 1 fully saturated rings. The van der Waals surface area contributed by atoms with E-state index in [0.29, 0.717) is 6.04 Å². The Hall–Kier alpha value is -0.900. The van der Waals surface area contributed by atoms with Crippen molar-refractivity contribution in [3.63, 3.8) is 0 Å². The lowest BCUT2D eigenvalue weighted by Crippen LogP contribution is -2.25. The van der Waals surface area contributed by atoms with Crippen molar-refractivity contribution in [1.29, 1.82) is 0 Å². The third-order valence-electron chi connectivity index (χ3n) is 2.94. The summed E-state index contributed by atoms with van der Waals surface area (Å²) in [5.74, 6) is 2.43. The normalized spacial score (nSPS) is 16.6. The van der Waals surface area contributed by atoms with Crippen LogP contribution in [0.2, 0.25) is 0 Å². The van der Waals surface area contributed by atoms with Gasteiger partial charge in [0.25, 0.3) is 0 Å². The zero-order valence-corrected chi connectivity index (χ0v) is 9.73. The van der Waals surface area contributed by atoms with Crippen molar-refractivity contribution >= 4 is 0 Å². The topological polar surface area (TPSA) is 42.2 Å². The van der Waals surface area contributed by atoms with E-state index in [1.807, 2.05) is 0 Å². The molecule has 0 radical (unpaired) electrons. The lowest BCUT2D eigenvalue weighted by atomic mass is 10.3. The van der Waals surface area contributed by atoms with Crippen LogP contribution in [-0.4, -0.2) is 28.1 Å². The fourth-order valence-corrected chi connectivity index (χ4v) is 1.41. The summed E-state index contributed by atoms with van der Waals surface area (Å²) in [6.45, 7) is 5.05. The monoisotopic (exact) mass is 209 g/mol. The van der Waals surface area contributed by atoms with Gasteiger partial charge in [-0.25, -0.2) is 0 Å². The second-order valence-corrected chi connectivity index (χ2v) is 4.76. The summed E-state index contributed by atoms with van der Waals surface area (Å²) >= 11 is 0. The Bertz CT molecular complexity index is 317. The van der Waals surface area contributed by atoms with Crippen molar-refractivity contribution < 1.29 is 4.52 Å². The minimum absolute atomic E-state index is 0.504. The Kier molecular flexibility index (Phi) is 3.05. The van der Waals surface area contributed by atoms with Crippen LogP contribution in [0, 0.1) is 5.92 Å². The molecule has 0 aliphatic heterocycles. The van der Waals surface area contributed by atoms with Gasteiger partial charge in [-0.15, -0.1) is 0 Å². The third kappa shape index (κ3) is 3.02. The maximum Gasteiger partial charge on any atom is 0.240 e. The Morgan fingerprint density at radius 3 is 2.80 bits per heavy atom. The number of nitrogens with zero attached hydrogens (tertiary/aromatic N) is 3. The van der Waals surface area contributed by atoms with Gasteiger partial charge in [-0.1, -0.05) is 5.16 Å². The molecule has 0 amide bonds. The van der Waals surface area contributed by atoms with E-state index in [4.69, 9.17) is 4.52 Å². The van der Waals surface area contributed by atoms with Crippen LogP contribution in [0.3, 0.4) is 0 Å². The van der Waals surface area contributed by atoms with E-state index in [2.05, 4.69) is 35.9 Å². The number of rotatable bonds is 5. The molecule has 0 bridgehead atoms. The first-order valence-electron chi connectivity index (χ1n) is 5.67. The van der Waals surface area contributed by atoms with Crippen molar-refractivity contribution in [3.8, 4) is 0 Å². The minimum Gasteiger partial charge on any atom is -0.338 e. The molecule has 0 unspecified atom stereocenters. The molecule has 2 rings (SSSR count). The van der Waals surface area contributed by atoms with E-state index in [1.165, 1.54) is 12.8 Å². The molecule has 1 aliphatic rings. The first-order chi connectivity index (χ1) is 7.15. The molecule has 0 saturated heterocycles. The van der Waals surface area contributed by atoms with E-state index in [-0.39, 0.29) is 0 Å². The molecule has 1 saturated carbocycles. The van der Waals surface area contributed by atoms with Gasteiger partial charge in [0.05, 0.1) is 6.54 Å². The molecule has 0 N–H and O–H groups in total. The minimum atomic E-state index is 0.504. The van der Waals surface area contributed by atoms with Crippen molar-refractivity contribution in [2.24, 2.45) is 5.92 Å². The second-order valence-electron chi connectivity index (χ2n) is 4.76. The maximum atomic E-state index is 5.21. The predicted octanol–water partition coefficient (Wildman–Crippen LogP) is 1.86. The zero-order valence-electron chi connectivity index (χ0n) is 9.73. The molecule has 4 nitrogen and oxygen atoms in total. The van der Waals surface area contributed by atoms with E-state index in [0.717, 1.165) is 30.6 Å². The lowest BCUT2D eigenvalue weighted by molar-refractivity contribution is 0.226. The molecule has 0 aromatic carbocycles. The van der Waals surface area contributed by atoms with Crippen LogP contribution in [-0.2, 0) is 13.0 Å². The average Bonchev–Trinajstić information content (AvgIpc) is 2.87. The predicted molar refractivity (Wildman–Crippen MR) is 57.3 cm³/mol. The maximum absolute atomic E-state index is 5.21. The van der Waals surface area contributed by atoms with Crippen molar-refractivity contribution in [1.82, 2.24) is 15.0 Å². The van der Waals surface area contributed by atoms with Crippen molar-refractivity contribution in [2.75, 3.05) is 7.05 Å². The summed E-state index contributed by atoms with van der Waals surface area (Å²) in [5.41, 5.74) is 0. The Morgan fingerprint density at radius 1 is 1.47 bits per heavy atom. The van der Waals surface area contributed by atoms with Gasteiger partial charge in [-0.2, -0.15) is 4.98 Å². The van der Waals surface area contributed by atoms with Crippen LogP contribution in [0.15, 0.2) is 4.52 Å². The van der Waals surface area contributed by atoms with Gasteiger partial charge in [0.2, 0.25) is 5.89 Å². The summed E-state index contributed by atoms with van der Waals surface area (Å²) in [5, 5.41) is 4.00. The smallest absolute Gasteiger partial charge is 0.240 e. The molecule has 0 spiro atoms. The van der Waals surface area contributed by atoms with Gasteiger partial charge in [0, 0.05) is 12.5 Å². The van der Waals surface area contributed by atoms with Crippen molar-refractivity contribution in [2.45, 2.75) is 45.7 Å². The highest BCUT2D eigenvalue weighted by Gasteiger charge is 2.24. The third-order valence-corrected chi connectivity index (χ3v) is 2.94. The summed E-state index contributed by atoms with van der Waals surface area (Å²) < 4.78 is 5.21. The first-order valence-corrected chi connectivity index (χ1v) is 5.67. The standard InChI is InChI=1S/C11H19N3O/c1-8(2)14(3)7-11-12-10(13-15-11)6-9-4-5-9/h8-9H,4-7H2,1-3H3. The zero-order chi connectivity index (χ0) is 10.8. The molecule has 1 aromatic rings. The van der Waals surface area contributed by atoms with Gasteiger partial charge >= 0.3 is 0 Å². The highest BCUT2D eigenvalue weighted by Crippen LogP contribution is 2.31. The quantitative estimate of drug-likeness (QED) is 0.742. The van der Waals surface area contributed by atoms with Crippen molar-refractivity contribution in [3.05, 3.63) is 11.7 Å². The first kappa shape index (κ1) is 10.6. The number of aromatic nitrogens is 2. The van der Waals surface area contributed by atoms with Crippen LogP contribution in [0.5, 0.6) is 0 Å². The SMILES string of the molecule is CC(C)N(C)Cc1nc(CC2CC2)no1. The molecule has 1 aromatic heterocycles. The highest BCUT2D eigenvalue weighted by molar-refractivity contribution is 4.92. The molecular formula is C11H19N3O. The van der Waals surface area contributed by atoms with Crippen LogP contribution in [0.25, 0.3) is 0 Å². The fraction of sp³-hybridized carbons (Fsp3) is 0.818. The van der Waals surface area contributed by atoms with Gasteiger partial charge in [0.1, 0.15) is 0 Å². The van der Waals surface area contributed by atoms with E-state index < -0.39 is 0 Å². The highest BCUT2D eigenvalue weighted by atomic mass is 16.5. The largest absolute Gasteiger partial charge is 0.338 e. The molecule has 0 atom stereocenters. The van der Waals surface area contributed by atoms with Gasteiger partial charge in [0.15, 0.2) is 5.82 Å². The second kappa shape index (κ2) is 4.31. The molecule has 1 aliphatic carbocycles. The summed E-state index contributed by atoms with van der Waals surface area (Å²) in [7, 11) is 2.06. The van der Waals surface area contributed by atoms with Crippen LogP contribution < -0.4 is 0 Å². The van der Waals surface area contributed by atoms with E-state index in [9.17, 15) is 0 Å². The molecule has 84 valence electrons. The molecule has 15 heavy (non-hydrogen) atoms. The van der Waals surface area contributed by atoms with Gasteiger partial charge < -0.3 is 4.52 Å². The number of hydrogen-bond donors (Lipinski definition) is 0. The van der Waals surface area contributed by atoms with Crippen LogP contribution in [0.1, 0.15) is 38.4 Å². The van der Waals surface area contributed by atoms with E-state index >= 15 is 0 Å². The fourth-order valence-electron chi connectivity index (χ4n) is 1.41. The Balaban J connectivity index is 1.88. The lowest BCUT2D eigenvalue weighted by Gasteiger charge is -2.17. The molecular weight excluding hydrogens is 190 g/mol. The summed E-state index contributed by atoms with van der Waals surface area (Å²) in [4.78, 5) is 6.58. The molecule has 4 heteroatoms. The summed E-state index contributed by atoms with van der Waals surface area (Å²) in [6, 6.07) is 0.504. The van der Waals surface area contributed by atoms with Crippen LogP contribution in [0.4, 0.5) is 0 Å². The molecule has 1 heterocycles. The van der Waals surface area contributed by atoms with Gasteiger partial charge in [-0.05, 0) is 39.7 Å². The van der Waals surface area contributed by atoms with Crippen LogP contribution >= 0.6 is 0 Å². The average molecular weight is 209 g/mol.